The highest BCUT2D eigenvalue weighted by molar-refractivity contribution is 7.16. The Morgan fingerprint density at radius 3 is 2.90 bits per heavy atom. The van der Waals surface area contributed by atoms with Crippen LogP contribution in [0.2, 0.25) is 0 Å². The maximum atomic E-state index is 11.9. The zero-order chi connectivity index (χ0) is 14.3. The quantitative estimate of drug-likeness (QED) is 0.419. The summed E-state index contributed by atoms with van der Waals surface area (Å²) in [4.78, 5) is 33.7. The zero-order valence-electron chi connectivity index (χ0n) is 10.6. The highest BCUT2D eigenvalue weighted by atomic mass is 32.1. The lowest BCUT2D eigenvalue weighted by Crippen LogP contribution is -2.32. The molecule has 1 aliphatic rings. The molecule has 8 nitrogen and oxygen atoms in total. The van der Waals surface area contributed by atoms with Crippen molar-refractivity contribution in [3.8, 4) is 0 Å². The van der Waals surface area contributed by atoms with Crippen LogP contribution in [0.3, 0.4) is 0 Å². The SMILES string of the molecule is CN1C(=O)CC(Nc2nc(NN)nc3sccc23)C1=O. The van der Waals surface area contributed by atoms with Crippen LogP contribution in [-0.2, 0) is 9.59 Å². The highest BCUT2D eigenvalue weighted by Crippen LogP contribution is 2.28. The Morgan fingerprint density at radius 2 is 2.25 bits per heavy atom. The Labute approximate surface area is 118 Å². The number of nitrogens with two attached hydrogens (primary N) is 1. The Morgan fingerprint density at radius 1 is 1.45 bits per heavy atom. The number of nitrogen functional groups attached to an aromatic ring is 1. The maximum Gasteiger partial charge on any atom is 0.251 e. The number of hydrogen-bond acceptors (Lipinski definition) is 8. The van der Waals surface area contributed by atoms with Crippen LogP contribution in [0.4, 0.5) is 11.8 Å². The fourth-order valence-electron chi connectivity index (χ4n) is 2.06. The van der Waals surface area contributed by atoms with Gasteiger partial charge in [-0.05, 0) is 11.4 Å². The number of hydrogen-bond donors (Lipinski definition) is 3. The van der Waals surface area contributed by atoms with Crippen LogP contribution in [-0.4, -0.2) is 39.8 Å². The molecule has 2 aromatic rings. The summed E-state index contributed by atoms with van der Waals surface area (Å²) in [5, 5.41) is 5.67. The number of imide groups is 1. The summed E-state index contributed by atoms with van der Waals surface area (Å²) in [6.45, 7) is 0. The van der Waals surface area contributed by atoms with Gasteiger partial charge < -0.3 is 5.32 Å². The molecule has 0 aliphatic carbocycles. The van der Waals surface area contributed by atoms with E-state index < -0.39 is 6.04 Å². The first-order valence-corrected chi connectivity index (χ1v) is 6.77. The van der Waals surface area contributed by atoms with Gasteiger partial charge in [-0.15, -0.1) is 11.3 Å². The highest BCUT2D eigenvalue weighted by Gasteiger charge is 2.36. The average molecular weight is 292 g/mol. The first-order valence-electron chi connectivity index (χ1n) is 5.89. The lowest BCUT2D eigenvalue weighted by molar-refractivity contribution is -0.136. The second kappa shape index (κ2) is 4.69. The monoisotopic (exact) mass is 292 g/mol. The van der Waals surface area contributed by atoms with Crippen LogP contribution in [0.5, 0.6) is 0 Å². The number of thiophene rings is 1. The van der Waals surface area contributed by atoms with Crippen molar-refractivity contribution in [2.75, 3.05) is 17.8 Å². The molecule has 0 radical (unpaired) electrons. The fraction of sp³-hybridized carbons (Fsp3) is 0.273. The molecule has 1 fully saturated rings. The molecule has 1 atom stereocenters. The molecule has 1 aliphatic heterocycles. The molecule has 9 heteroatoms. The van der Waals surface area contributed by atoms with Gasteiger partial charge in [-0.25, -0.2) is 10.8 Å². The van der Waals surface area contributed by atoms with Gasteiger partial charge in [-0.2, -0.15) is 4.98 Å². The van der Waals surface area contributed by atoms with E-state index >= 15 is 0 Å². The van der Waals surface area contributed by atoms with E-state index in [-0.39, 0.29) is 24.2 Å². The molecular weight excluding hydrogens is 280 g/mol. The summed E-state index contributed by atoms with van der Waals surface area (Å²) >= 11 is 1.44. The largest absolute Gasteiger partial charge is 0.357 e. The summed E-state index contributed by atoms with van der Waals surface area (Å²) in [6, 6.07) is 1.25. The lowest BCUT2D eigenvalue weighted by atomic mass is 10.2. The second-order valence-electron chi connectivity index (χ2n) is 4.37. The van der Waals surface area contributed by atoms with E-state index in [2.05, 4.69) is 20.7 Å². The van der Waals surface area contributed by atoms with Crippen LogP contribution < -0.4 is 16.6 Å². The number of hydrazine groups is 1. The van der Waals surface area contributed by atoms with Crippen LogP contribution in [0.15, 0.2) is 11.4 Å². The van der Waals surface area contributed by atoms with E-state index in [1.165, 1.54) is 18.4 Å². The number of fused-ring (bicyclic) bond motifs is 1. The van der Waals surface area contributed by atoms with Gasteiger partial charge in [0.1, 0.15) is 16.7 Å². The third-order valence-electron chi connectivity index (χ3n) is 3.15. The zero-order valence-corrected chi connectivity index (χ0v) is 11.4. The van der Waals surface area contributed by atoms with Crippen LogP contribution >= 0.6 is 11.3 Å². The summed E-state index contributed by atoms with van der Waals surface area (Å²) in [6.07, 6.45) is 0.121. The Hall–Kier alpha value is -2.26. The fourth-order valence-corrected chi connectivity index (χ4v) is 2.83. The van der Waals surface area contributed by atoms with Crippen LogP contribution in [0.25, 0.3) is 10.2 Å². The number of rotatable bonds is 3. The predicted octanol–water partition coefficient (Wildman–Crippen LogP) is 0.146. The molecule has 0 spiro atoms. The van der Waals surface area contributed by atoms with Gasteiger partial charge in [0.15, 0.2) is 0 Å². The van der Waals surface area contributed by atoms with E-state index in [1.807, 2.05) is 11.4 Å². The molecule has 0 bridgehead atoms. The molecule has 3 rings (SSSR count). The molecule has 0 saturated carbocycles. The summed E-state index contributed by atoms with van der Waals surface area (Å²) < 4.78 is 0. The number of aromatic nitrogens is 2. The normalized spacial score (nSPS) is 18.9. The van der Waals surface area contributed by atoms with Crippen molar-refractivity contribution in [1.82, 2.24) is 14.9 Å². The van der Waals surface area contributed by atoms with Gasteiger partial charge in [0.25, 0.3) is 5.91 Å². The lowest BCUT2D eigenvalue weighted by Gasteiger charge is -2.13. The molecule has 1 saturated heterocycles. The molecule has 1 unspecified atom stereocenters. The first-order chi connectivity index (χ1) is 9.60. The van der Waals surface area contributed by atoms with Gasteiger partial charge in [0.2, 0.25) is 11.9 Å². The number of amides is 2. The number of nitrogens with one attached hydrogen (secondary N) is 2. The van der Waals surface area contributed by atoms with E-state index in [4.69, 9.17) is 5.84 Å². The summed E-state index contributed by atoms with van der Waals surface area (Å²) in [7, 11) is 1.47. The number of carbonyl (C=O) groups excluding carboxylic acids is 2. The van der Waals surface area contributed by atoms with E-state index in [1.54, 1.807) is 0 Å². The average Bonchev–Trinajstić information content (AvgIpc) is 3.00. The third kappa shape index (κ3) is 1.96. The van der Waals surface area contributed by atoms with Gasteiger partial charge in [-0.3, -0.25) is 19.9 Å². The molecule has 2 aromatic heterocycles. The van der Waals surface area contributed by atoms with Gasteiger partial charge >= 0.3 is 0 Å². The van der Waals surface area contributed by atoms with Crippen molar-refractivity contribution in [2.24, 2.45) is 5.84 Å². The molecule has 3 heterocycles. The van der Waals surface area contributed by atoms with Crippen LogP contribution in [0.1, 0.15) is 6.42 Å². The number of nitrogens with zero attached hydrogens (tertiary/aromatic N) is 3. The topological polar surface area (TPSA) is 113 Å². The third-order valence-corrected chi connectivity index (χ3v) is 3.95. The Kier molecular flexibility index (Phi) is 2.99. The number of carbonyl (C=O) groups is 2. The van der Waals surface area contributed by atoms with Crippen molar-refractivity contribution in [3.63, 3.8) is 0 Å². The van der Waals surface area contributed by atoms with Crippen molar-refractivity contribution < 1.29 is 9.59 Å². The minimum absolute atomic E-state index is 0.121. The summed E-state index contributed by atoms with van der Waals surface area (Å²) in [5.41, 5.74) is 2.39. The first kappa shape index (κ1) is 12.8. The molecule has 104 valence electrons. The Bertz CT molecular complexity index is 699. The van der Waals surface area contributed by atoms with Crippen molar-refractivity contribution in [3.05, 3.63) is 11.4 Å². The smallest absolute Gasteiger partial charge is 0.251 e. The van der Waals surface area contributed by atoms with Crippen molar-refractivity contribution in [1.29, 1.82) is 0 Å². The van der Waals surface area contributed by atoms with Crippen molar-refractivity contribution in [2.45, 2.75) is 12.5 Å². The van der Waals surface area contributed by atoms with E-state index in [9.17, 15) is 9.59 Å². The predicted molar refractivity (Wildman–Crippen MR) is 75.0 cm³/mol. The minimum Gasteiger partial charge on any atom is -0.357 e. The molecule has 4 N–H and O–H groups in total. The van der Waals surface area contributed by atoms with Crippen molar-refractivity contribution >= 4 is 45.1 Å². The molecule has 20 heavy (non-hydrogen) atoms. The van der Waals surface area contributed by atoms with E-state index in [0.717, 1.165) is 15.1 Å². The summed E-state index contributed by atoms with van der Waals surface area (Å²) in [5.74, 6) is 5.61. The second-order valence-corrected chi connectivity index (χ2v) is 5.27. The number of anilines is 2. The standard InChI is InChI=1S/C11H12N6O2S/c1-17-7(18)4-6(10(17)19)13-8-5-2-3-20-9(5)15-11(14-8)16-12/h2-3,6H,4,12H2,1H3,(H2,13,14,15,16). The number of likely N-dealkylation sites (tertiary alicyclic amines) is 1. The van der Waals surface area contributed by atoms with Gasteiger partial charge in [0.05, 0.1) is 11.8 Å². The van der Waals surface area contributed by atoms with E-state index in [0.29, 0.717) is 5.82 Å². The Balaban J connectivity index is 1.96. The molecule has 2 amide bonds. The van der Waals surface area contributed by atoms with Crippen LogP contribution in [0, 0.1) is 0 Å². The molecular formula is C11H12N6O2S. The molecule has 0 aromatic carbocycles. The van der Waals surface area contributed by atoms with Gasteiger partial charge in [-0.1, -0.05) is 0 Å². The maximum absolute atomic E-state index is 11.9. The number of likely N-dealkylation sites (N-methyl/N-ethyl adjacent to an activating group) is 1. The van der Waals surface area contributed by atoms with Gasteiger partial charge in [0, 0.05) is 7.05 Å². The minimum atomic E-state index is -0.601.